The van der Waals surface area contributed by atoms with Gasteiger partial charge in [0.15, 0.2) is 0 Å². The van der Waals surface area contributed by atoms with Crippen molar-refractivity contribution in [2.24, 2.45) is 0 Å². The molecule has 1 aliphatic rings. The van der Waals surface area contributed by atoms with E-state index in [4.69, 9.17) is 0 Å². The second kappa shape index (κ2) is 6.86. The van der Waals surface area contributed by atoms with Gasteiger partial charge in [-0.2, -0.15) is 0 Å². The van der Waals surface area contributed by atoms with Gasteiger partial charge in [-0.1, -0.05) is 18.2 Å². The second-order valence-corrected chi connectivity index (χ2v) is 4.76. The molecule has 1 aliphatic carbocycles. The van der Waals surface area contributed by atoms with E-state index in [1.54, 1.807) is 30.3 Å². The molecule has 2 rings (SSSR count). The third kappa shape index (κ3) is 4.20. The summed E-state index contributed by atoms with van der Waals surface area (Å²) in [7, 11) is 0. The van der Waals surface area contributed by atoms with E-state index < -0.39 is 0 Å². The number of amides is 2. The zero-order valence-electron chi connectivity index (χ0n) is 11.3. The molecule has 20 heavy (non-hydrogen) atoms. The van der Waals surface area contributed by atoms with Gasteiger partial charge in [-0.05, 0) is 25.0 Å². The van der Waals surface area contributed by atoms with Gasteiger partial charge >= 0.3 is 0 Å². The molecule has 0 atom stereocenters. The van der Waals surface area contributed by atoms with Crippen LogP contribution in [0.15, 0.2) is 36.9 Å². The summed E-state index contributed by atoms with van der Waals surface area (Å²) in [4.78, 5) is 23.8. The van der Waals surface area contributed by atoms with Gasteiger partial charge in [-0.3, -0.25) is 9.59 Å². The minimum Gasteiger partial charge on any atom is -0.349 e. The standard InChI is InChI=1S/C15H19N3O2/c1-2-9-16-10-14(19)18-13-6-4-3-5-12(13)15(20)17-11-7-8-11/h2-6,11,16H,1,7-10H2,(H,17,20)(H,18,19). The lowest BCUT2D eigenvalue weighted by Crippen LogP contribution is -2.30. The molecule has 0 aromatic heterocycles. The van der Waals surface area contributed by atoms with Gasteiger partial charge in [0.05, 0.1) is 17.8 Å². The van der Waals surface area contributed by atoms with Crippen LogP contribution in [0, 0.1) is 0 Å². The van der Waals surface area contributed by atoms with Gasteiger partial charge in [0.2, 0.25) is 5.91 Å². The van der Waals surface area contributed by atoms with Gasteiger partial charge in [-0.15, -0.1) is 6.58 Å². The lowest BCUT2D eigenvalue weighted by molar-refractivity contribution is -0.115. The highest BCUT2D eigenvalue weighted by molar-refractivity contribution is 6.04. The predicted molar refractivity (Wildman–Crippen MR) is 78.6 cm³/mol. The van der Waals surface area contributed by atoms with Crippen molar-refractivity contribution in [1.29, 1.82) is 0 Å². The van der Waals surface area contributed by atoms with Crippen molar-refractivity contribution in [3.05, 3.63) is 42.5 Å². The topological polar surface area (TPSA) is 70.2 Å². The smallest absolute Gasteiger partial charge is 0.253 e. The fourth-order valence-corrected chi connectivity index (χ4v) is 1.76. The molecule has 1 aromatic carbocycles. The van der Waals surface area contributed by atoms with E-state index in [0.717, 1.165) is 12.8 Å². The summed E-state index contributed by atoms with van der Waals surface area (Å²) in [6.07, 6.45) is 3.75. The average molecular weight is 273 g/mol. The van der Waals surface area contributed by atoms with E-state index >= 15 is 0 Å². The van der Waals surface area contributed by atoms with Crippen LogP contribution >= 0.6 is 0 Å². The maximum atomic E-state index is 12.1. The van der Waals surface area contributed by atoms with Crippen molar-refractivity contribution < 1.29 is 9.59 Å². The molecule has 0 unspecified atom stereocenters. The Bertz CT molecular complexity index is 510. The molecule has 0 bridgehead atoms. The van der Waals surface area contributed by atoms with Crippen molar-refractivity contribution in [3.63, 3.8) is 0 Å². The molecular weight excluding hydrogens is 254 g/mol. The molecular formula is C15H19N3O2. The second-order valence-electron chi connectivity index (χ2n) is 4.76. The molecule has 3 N–H and O–H groups in total. The number of carbonyl (C=O) groups excluding carboxylic acids is 2. The van der Waals surface area contributed by atoms with Crippen LogP contribution in [0.4, 0.5) is 5.69 Å². The molecule has 5 heteroatoms. The van der Waals surface area contributed by atoms with Crippen LogP contribution in [0.1, 0.15) is 23.2 Å². The van der Waals surface area contributed by atoms with Crippen LogP contribution in [0.3, 0.4) is 0 Å². The molecule has 5 nitrogen and oxygen atoms in total. The highest BCUT2D eigenvalue weighted by Gasteiger charge is 2.24. The number of carbonyl (C=O) groups is 2. The Morgan fingerprint density at radius 2 is 2.05 bits per heavy atom. The Morgan fingerprint density at radius 3 is 2.75 bits per heavy atom. The molecule has 0 heterocycles. The van der Waals surface area contributed by atoms with Crippen molar-refractivity contribution in [3.8, 4) is 0 Å². The van der Waals surface area contributed by atoms with E-state index in [-0.39, 0.29) is 18.4 Å². The van der Waals surface area contributed by atoms with E-state index in [1.807, 2.05) is 0 Å². The Labute approximate surface area is 118 Å². The van der Waals surface area contributed by atoms with Gasteiger partial charge in [0.1, 0.15) is 0 Å². The molecule has 106 valence electrons. The SMILES string of the molecule is C=CCNCC(=O)Nc1ccccc1C(=O)NC1CC1. The van der Waals surface area contributed by atoms with E-state index in [1.165, 1.54) is 0 Å². The summed E-state index contributed by atoms with van der Waals surface area (Å²) in [5.41, 5.74) is 1.03. The van der Waals surface area contributed by atoms with E-state index in [2.05, 4.69) is 22.5 Å². The third-order valence-electron chi connectivity index (χ3n) is 2.93. The van der Waals surface area contributed by atoms with Crippen LogP contribution in [0.5, 0.6) is 0 Å². The summed E-state index contributed by atoms with van der Waals surface area (Å²) in [5.74, 6) is -0.319. The lowest BCUT2D eigenvalue weighted by Gasteiger charge is -2.11. The molecule has 0 spiro atoms. The summed E-state index contributed by atoms with van der Waals surface area (Å²) < 4.78 is 0. The Morgan fingerprint density at radius 1 is 1.30 bits per heavy atom. The largest absolute Gasteiger partial charge is 0.349 e. The first-order valence-electron chi connectivity index (χ1n) is 6.72. The number of anilines is 1. The maximum absolute atomic E-state index is 12.1. The summed E-state index contributed by atoms with van der Waals surface area (Å²) >= 11 is 0. The quantitative estimate of drug-likeness (QED) is 0.518. The summed E-state index contributed by atoms with van der Waals surface area (Å²) in [5, 5.41) is 8.58. The van der Waals surface area contributed by atoms with Crippen molar-refractivity contribution >= 4 is 17.5 Å². The van der Waals surface area contributed by atoms with Crippen molar-refractivity contribution in [2.75, 3.05) is 18.4 Å². The zero-order chi connectivity index (χ0) is 14.4. The molecule has 1 aromatic rings. The number of hydrogen-bond donors (Lipinski definition) is 3. The Hall–Kier alpha value is -2.14. The molecule has 0 radical (unpaired) electrons. The van der Waals surface area contributed by atoms with Crippen LogP contribution in [-0.2, 0) is 4.79 Å². The van der Waals surface area contributed by atoms with Crippen LogP contribution in [-0.4, -0.2) is 30.9 Å². The lowest BCUT2D eigenvalue weighted by atomic mass is 10.1. The number of hydrogen-bond acceptors (Lipinski definition) is 3. The van der Waals surface area contributed by atoms with Crippen LogP contribution in [0.25, 0.3) is 0 Å². The number of nitrogens with one attached hydrogen (secondary N) is 3. The number of benzene rings is 1. The van der Waals surface area contributed by atoms with Gasteiger partial charge in [0, 0.05) is 12.6 Å². The normalized spacial score (nSPS) is 13.6. The third-order valence-corrected chi connectivity index (χ3v) is 2.93. The van der Waals surface area contributed by atoms with Crippen LogP contribution in [0.2, 0.25) is 0 Å². The Balaban J connectivity index is 1.97. The van der Waals surface area contributed by atoms with E-state index in [0.29, 0.717) is 23.8 Å². The van der Waals surface area contributed by atoms with Gasteiger partial charge < -0.3 is 16.0 Å². The first-order valence-corrected chi connectivity index (χ1v) is 6.72. The number of para-hydroxylation sites is 1. The zero-order valence-corrected chi connectivity index (χ0v) is 11.3. The number of rotatable bonds is 7. The minimum atomic E-state index is -0.182. The minimum absolute atomic E-state index is 0.137. The van der Waals surface area contributed by atoms with Crippen LogP contribution < -0.4 is 16.0 Å². The fraction of sp³-hybridized carbons (Fsp3) is 0.333. The first-order chi connectivity index (χ1) is 9.70. The monoisotopic (exact) mass is 273 g/mol. The first kappa shape index (κ1) is 14.3. The summed E-state index contributed by atoms with van der Waals surface area (Å²) in [6.45, 7) is 4.32. The van der Waals surface area contributed by atoms with Crippen molar-refractivity contribution in [2.45, 2.75) is 18.9 Å². The van der Waals surface area contributed by atoms with Crippen molar-refractivity contribution in [1.82, 2.24) is 10.6 Å². The molecule has 2 amide bonds. The highest BCUT2D eigenvalue weighted by Crippen LogP contribution is 2.21. The van der Waals surface area contributed by atoms with Gasteiger partial charge in [0.25, 0.3) is 5.91 Å². The fourth-order valence-electron chi connectivity index (χ4n) is 1.76. The van der Waals surface area contributed by atoms with Gasteiger partial charge in [-0.25, -0.2) is 0 Å². The highest BCUT2D eigenvalue weighted by atomic mass is 16.2. The molecule has 1 saturated carbocycles. The predicted octanol–water partition coefficient (Wildman–Crippen LogP) is 1.29. The Kier molecular flexibility index (Phi) is 4.90. The molecule has 1 fully saturated rings. The molecule has 0 aliphatic heterocycles. The maximum Gasteiger partial charge on any atom is 0.253 e. The summed E-state index contributed by atoms with van der Waals surface area (Å²) in [6, 6.07) is 7.31. The molecule has 0 saturated heterocycles. The average Bonchev–Trinajstić information content (AvgIpc) is 3.23. The van der Waals surface area contributed by atoms with E-state index in [9.17, 15) is 9.59 Å².